The van der Waals surface area contributed by atoms with E-state index in [0.29, 0.717) is 38.4 Å². The highest BCUT2D eigenvalue weighted by molar-refractivity contribution is 7.22. The van der Waals surface area contributed by atoms with Crippen LogP contribution in [0.15, 0.2) is 72.8 Å². The Morgan fingerprint density at radius 3 is 2.16 bits per heavy atom. The average Bonchev–Trinajstić information content (AvgIpc) is 3.37. The summed E-state index contributed by atoms with van der Waals surface area (Å²) in [5.41, 5.74) is 5.12. The molecule has 5 aromatic rings. The van der Waals surface area contributed by atoms with Gasteiger partial charge < -0.3 is 9.38 Å². The van der Waals surface area contributed by atoms with Crippen molar-refractivity contribution in [3.05, 3.63) is 115 Å². The van der Waals surface area contributed by atoms with E-state index in [9.17, 15) is 4.79 Å². The van der Waals surface area contributed by atoms with Crippen molar-refractivity contribution in [2.24, 2.45) is 0 Å². The first kappa shape index (κ1) is 32.8. The number of rotatable bonds is 12. The maximum absolute atomic E-state index is 14.2. The topological polar surface area (TPSA) is 20.3 Å². The number of halogens is 3. The highest BCUT2D eigenvalue weighted by atomic mass is 35.5. The van der Waals surface area contributed by atoms with Crippen LogP contribution in [0.25, 0.3) is 20.9 Å². The number of fused-ring (bicyclic) bond motifs is 2. The monoisotopic (exact) mass is 665 g/mol. The van der Waals surface area contributed by atoms with Gasteiger partial charge in [0.1, 0.15) is 11.4 Å². The van der Waals surface area contributed by atoms with Gasteiger partial charge in [-0.1, -0.05) is 101 Å². The second-order valence-electron chi connectivity index (χ2n) is 11.9. The third kappa shape index (κ3) is 7.27. The second kappa shape index (κ2) is 14.2. The van der Waals surface area contributed by atoms with Crippen LogP contribution in [0.2, 0.25) is 15.1 Å². The summed E-state index contributed by atoms with van der Waals surface area (Å²) in [6.07, 6.45) is 1.92. The van der Waals surface area contributed by atoms with Gasteiger partial charge in [0.2, 0.25) is 0 Å². The van der Waals surface area contributed by atoms with Crippen molar-refractivity contribution in [1.29, 1.82) is 0 Å². The van der Waals surface area contributed by atoms with Crippen molar-refractivity contribution in [3.8, 4) is 0 Å². The summed E-state index contributed by atoms with van der Waals surface area (Å²) in [7, 11) is 0. The quantitative estimate of drug-likeness (QED) is 0.0958. The fraction of sp³-hybridized carbons (Fsp3) is 0.324. The number of amides is 1. The Labute approximate surface area is 280 Å². The van der Waals surface area contributed by atoms with Crippen molar-refractivity contribution in [2.75, 3.05) is 26.2 Å². The van der Waals surface area contributed by atoms with Gasteiger partial charge in [-0.05, 0) is 75.1 Å². The minimum Gasteiger partial charge on any atom is -0.334 e. The predicted molar refractivity (Wildman–Crippen MR) is 191 cm³/mol. The Hall–Kier alpha value is -2.60. The van der Waals surface area contributed by atoms with E-state index in [4.69, 9.17) is 34.8 Å². The van der Waals surface area contributed by atoms with Crippen LogP contribution in [0.5, 0.6) is 0 Å². The van der Waals surface area contributed by atoms with E-state index in [-0.39, 0.29) is 5.91 Å². The van der Waals surface area contributed by atoms with Crippen molar-refractivity contribution < 1.29 is 9.28 Å². The molecule has 4 aromatic carbocycles. The fourth-order valence-electron chi connectivity index (χ4n) is 6.33. The number of hydrogen-bond donors (Lipinski definition) is 0. The highest BCUT2D eigenvalue weighted by Gasteiger charge is 2.27. The van der Waals surface area contributed by atoms with Crippen molar-refractivity contribution >= 4 is 72.9 Å². The second-order valence-corrected chi connectivity index (χ2v) is 14.2. The Kier molecular flexibility index (Phi) is 10.6. The Morgan fingerprint density at radius 1 is 0.795 bits per heavy atom. The summed E-state index contributed by atoms with van der Waals surface area (Å²) in [6.45, 7) is 14.3. The van der Waals surface area contributed by atoms with Crippen LogP contribution in [-0.2, 0) is 13.1 Å². The van der Waals surface area contributed by atoms with Gasteiger partial charge >= 0.3 is 0 Å². The maximum atomic E-state index is 14.2. The molecule has 0 atom stereocenters. The van der Waals surface area contributed by atoms with Crippen molar-refractivity contribution in [2.45, 2.75) is 53.6 Å². The van der Waals surface area contributed by atoms with Crippen molar-refractivity contribution in [3.63, 3.8) is 0 Å². The molecule has 3 nitrogen and oxygen atoms in total. The first-order valence-electron chi connectivity index (χ1n) is 15.4. The van der Waals surface area contributed by atoms with E-state index in [0.717, 1.165) is 59.2 Å². The molecule has 0 unspecified atom stereocenters. The Bertz CT molecular complexity index is 1770. The number of quaternary nitrogens is 1. The van der Waals surface area contributed by atoms with Gasteiger partial charge in [-0.15, -0.1) is 11.3 Å². The molecule has 44 heavy (non-hydrogen) atoms. The van der Waals surface area contributed by atoms with E-state index in [2.05, 4.69) is 76.2 Å². The standard InChI is InChI=1S/C37H40Cl3N2OS/c1-5-42(6-2,24-28-20-25(3)19-26(4)21-28)18-10-9-17-41(23-27-13-14-29-11-7-8-12-30(29)22-27)37(43)36-34(40)33-31(38)15-16-32(39)35(33)44-36/h7-8,11-16,19-22H,5-6,9-10,17-18,23-24H2,1-4H3/q+1. The SMILES string of the molecule is CC[N+](CC)(CCCCN(Cc1ccc2ccccc2c1)C(=O)c1sc2c(Cl)ccc(Cl)c2c1Cl)Cc1cc(C)cc(C)c1. The lowest BCUT2D eigenvalue weighted by molar-refractivity contribution is -0.938. The molecule has 5 rings (SSSR count). The minimum atomic E-state index is -0.0848. The molecule has 1 heterocycles. The zero-order valence-corrected chi connectivity index (χ0v) is 29.0. The average molecular weight is 667 g/mol. The van der Waals surface area contributed by atoms with Crippen LogP contribution in [-0.4, -0.2) is 41.5 Å². The van der Waals surface area contributed by atoms with E-state index >= 15 is 0 Å². The van der Waals surface area contributed by atoms with Crippen LogP contribution in [0.1, 0.15) is 58.6 Å². The predicted octanol–water partition coefficient (Wildman–Crippen LogP) is 11.1. The highest BCUT2D eigenvalue weighted by Crippen LogP contribution is 2.43. The van der Waals surface area contributed by atoms with Gasteiger partial charge in [0.15, 0.2) is 0 Å². The Morgan fingerprint density at radius 2 is 1.48 bits per heavy atom. The molecule has 0 aliphatic rings. The van der Waals surface area contributed by atoms with Crippen molar-refractivity contribution in [1.82, 2.24) is 4.90 Å². The fourth-order valence-corrected chi connectivity index (χ4v) is 8.50. The first-order valence-corrected chi connectivity index (χ1v) is 17.3. The molecule has 230 valence electrons. The Balaban J connectivity index is 1.37. The van der Waals surface area contributed by atoms with Crippen LogP contribution < -0.4 is 0 Å². The molecule has 0 fully saturated rings. The third-order valence-electron chi connectivity index (χ3n) is 8.80. The smallest absolute Gasteiger partial charge is 0.265 e. The molecule has 0 aliphatic heterocycles. The molecule has 1 amide bonds. The molecule has 7 heteroatoms. The van der Waals surface area contributed by atoms with Gasteiger partial charge in [0.05, 0.1) is 39.4 Å². The van der Waals surface area contributed by atoms with Crippen LogP contribution in [0, 0.1) is 13.8 Å². The van der Waals surface area contributed by atoms with E-state index in [1.54, 1.807) is 12.1 Å². The lowest BCUT2D eigenvalue weighted by Crippen LogP contribution is -2.47. The van der Waals surface area contributed by atoms with Gasteiger partial charge in [0, 0.05) is 24.0 Å². The third-order valence-corrected chi connectivity index (χ3v) is 11.2. The van der Waals surface area contributed by atoms with E-state index in [1.165, 1.54) is 33.4 Å². The lowest BCUT2D eigenvalue weighted by Gasteiger charge is -2.37. The molecule has 0 saturated carbocycles. The van der Waals surface area contributed by atoms with Crippen LogP contribution >= 0.6 is 46.1 Å². The van der Waals surface area contributed by atoms with Gasteiger partial charge in [-0.2, -0.15) is 0 Å². The number of carbonyl (C=O) groups is 1. The number of thiophene rings is 1. The minimum absolute atomic E-state index is 0.0848. The summed E-state index contributed by atoms with van der Waals surface area (Å²) in [4.78, 5) is 16.6. The molecule has 0 bridgehead atoms. The van der Waals surface area contributed by atoms with Gasteiger partial charge in [0.25, 0.3) is 5.91 Å². The van der Waals surface area contributed by atoms with Gasteiger partial charge in [-0.3, -0.25) is 4.79 Å². The normalized spacial score (nSPS) is 11.9. The molecular weight excluding hydrogens is 627 g/mol. The summed E-state index contributed by atoms with van der Waals surface area (Å²) < 4.78 is 1.78. The number of benzene rings is 4. The lowest BCUT2D eigenvalue weighted by atomic mass is 10.1. The van der Waals surface area contributed by atoms with Crippen LogP contribution in [0.3, 0.4) is 0 Å². The molecule has 0 spiro atoms. The van der Waals surface area contributed by atoms with E-state index < -0.39 is 0 Å². The molecule has 0 N–H and O–H groups in total. The zero-order chi connectivity index (χ0) is 31.4. The largest absolute Gasteiger partial charge is 0.334 e. The summed E-state index contributed by atoms with van der Waals surface area (Å²) in [5.74, 6) is -0.0848. The number of unbranched alkanes of at least 4 members (excludes halogenated alkanes) is 1. The first-order chi connectivity index (χ1) is 21.1. The maximum Gasteiger partial charge on any atom is 0.265 e. The summed E-state index contributed by atoms with van der Waals surface area (Å²) in [6, 6.07) is 25.1. The molecular formula is C37H40Cl3N2OS+. The number of carbonyl (C=O) groups excluding carboxylic acids is 1. The van der Waals surface area contributed by atoms with Gasteiger partial charge in [-0.25, -0.2) is 0 Å². The summed E-state index contributed by atoms with van der Waals surface area (Å²) >= 11 is 21.2. The number of nitrogens with zero attached hydrogens (tertiary/aromatic N) is 2. The molecule has 0 radical (unpaired) electrons. The molecule has 0 saturated heterocycles. The molecule has 1 aromatic heterocycles. The zero-order valence-electron chi connectivity index (χ0n) is 25.9. The number of hydrogen-bond acceptors (Lipinski definition) is 2. The molecule has 0 aliphatic carbocycles. The summed E-state index contributed by atoms with van der Waals surface area (Å²) in [5, 5.41) is 4.43. The number of aryl methyl sites for hydroxylation is 2. The van der Waals surface area contributed by atoms with Crippen LogP contribution in [0.4, 0.5) is 0 Å². The van der Waals surface area contributed by atoms with E-state index in [1.807, 2.05) is 17.0 Å².